The molecule has 0 spiro atoms. The summed E-state index contributed by atoms with van der Waals surface area (Å²) in [5.74, 6) is -0.800. The van der Waals surface area contributed by atoms with Gasteiger partial charge in [0.15, 0.2) is 0 Å². The fourth-order valence-corrected chi connectivity index (χ4v) is 6.36. The highest BCUT2D eigenvalue weighted by molar-refractivity contribution is 7.92. The van der Waals surface area contributed by atoms with Crippen molar-refractivity contribution in [2.45, 2.75) is 57.1 Å². The molecule has 8 heteroatoms. The average Bonchev–Trinajstić information content (AvgIpc) is 2.98. The number of rotatable bonds is 11. The summed E-state index contributed by atoms with van der Waals surface area (Å²) in [4.78, 5) is 29.9. The van der Waals surface area contributed by atoms with Crippen LogP contribution in [0, 0.1) is 6.92 Å². The normalized spacial score (nSPS) is 12.3. The Morgan fingerprint density at radius 3 is 1.81 bits per heavy atom. The molecule has 43 heavy (non-hydrogen) atoms. The number of carbonyl (C=O) groups is 2. The van der Waals surface area contributed by atoms with Crippen LogP contribution in [0.4, 0.5) is 5.69 Å². The number of hydrogen-bond acceptors (Lipinski definition) is 4. The molecule has 0 fully saturated rings. The summed E-state index contributed by atoms with van der Waals surface area (Å²) < 4.78 is 29.3. The lowest BCUT2D eigenvalue weighted by atomic mass is 10.0. The van der Waals surface area contributed by atoms with E-state index < -0.39 is 34.1 Å². The highest BCUT2D eigenvalue weighted by Gasteiger charge is 2.35. The minimum atomic E-state index is -4.13. The molecule has 1 atom stereocenters. The monoisotopic (exact) mass is 597 g/mol. The number of anilines is 1. The van der Waals surface area contributed by atoms with E-state index in [1.54, 1.807) is 30.3 Å². The van der Waals surface area contributed by atoms with Crippen LogP contribution in [0.25, 0.3) is 0 Å². The van der Waals surface area contributed by atoms with Crippen LogP contribution >= 0.6 is 0 Å². The number of amides is 2. The van der Waals surface area contributed by atoms with E-state index in [9.17, 15) is 18.0 Å². The van der Waals surface area contributed by atoms with E-state index >= 15 is 0 Å². The predicted octanol–water partition coefficient (Wildman–Crippen LogP) is 5.75. The Morgan fingerprint density at radius 2 is 1.26 bits per heavy atom. The molecule has 224 valence electrons. The van der Waals surface area contributed by atoms with Crippen LogP contribution < -0.4 is 9.62 Å². The van der Waals surface area contributed by atoms with Gasteiger partial charge in [-0.15, -0.1) is 0 Å². The Bertz CT molecular complexity index is 1620. The van der Waals surface area contributed by atoms with Gasteiger partial charge in [-0.2, -0.15) is 0 Å². The van der Waals surface area contributed by atoms with Crippen molar-refractivity contribution in [3.63, 3.8) is 0 Å². The van der Waals surface area contributed by atoms with Gasteiger partial charge in [0.2, 0.25) is 11.8 Å². The van der Waals surface area contributed by atoms with Gasteiger partial charge in [0, 0.05) is 18.5 Å². The maximum Gasteiger partial charge on any atom is 0.264 e. The van der Waals surface area contributed by atoms with Crippen molar-refractivity contribution in [2.24, 2.45) is 0 Å². The quantitative estimate of drug-likeness (QED) is 0.239. The first kappa shape index (κ1) is 31.5. The van der Waals surface area contributed by atoms with Crippen LogP contribution in [0.15, 0.2) is 120 Å². The topological polar surface area (TPSA) is 86.8 Å². The molecule has 4 aromatic rings. The number of nitrogens with zero attached hydrogens (tertiary/aromatic N) is 2. The number of para-hydroxylation sites is 1. The molecule has 2 amide bonds. The molecule has 4 aromatic carbocycles. The fourth-order valence-electron chi connectivity index (χ4n) is 4.86. The van der Waals surface area contributed by atoms with Crippen LogP contribution in [0.1, 0.15) is 37.5 Å². The largest absolute Gasteiger partial charge is 0.350 e. The molecule has 0 saturated heterocycles. The third-order valence-corrected chi connectivity index (χ3v) is 8.73. The molecule has 0 radical (unpaired) electrons. The van der Waals surface area contributed by atoms with Gasteiger partial charge in [-0.25, -0.2) is 8.42 Å². The van der Waals surface area contributed by atoms with Crippen molar-refractivity contribution in [2.75, 3.05) is 10.8 Å². The number of benzene rings is 4. The van der Waals surface area contributed by atoms with Crippen molar-refractivity contribution < 1.29 is 18.0 Å². The molecule has 7 nitrogen and oxygen atoms in total. The van der Waals surface area contributed by atoms with Crippen LogP contribution in [0.3, 0.4) is 0 Å². The zero-order valence-electron chi connectivity index (χ0n) is 25.1. The molecule has 0 bridgehead atoms. The number of sulfonamides is 1. The molecule has 0 aliphatic carbocycles. The van der Waals surface area contributed by atoms with Crippen molar-refractivity contribution in [3.05, 3.63) is 132 Å². The SMILES string of the molecule is Cc1ccccc1N(CC(=O)N(Cc1ccccc1)[C@@H](Cc1ccccc1)C(=O)NC(C)(C)C)S(=O)(=O)c1ccccc1. The zero-order chi connectivity index (χ0) is 31.0. The van der Waals surface area contributed by atoms with Crippen LogP contribution in [-0.2, 0) is 32.6 Å². The maximum absolute atomic E-state index is 14.5. The standard InChI is InChI=1S/C35H39N3O4S/c1-27-16-14-15-23-31(27)38(43(41,42)30-21-12-7-13-22-30)26-33(39)37(25-29-19-10-6-11-20-29)32(34(40)36-35(2,3)4)24-28-17-8-5-9-18-28/h5-23,32H,24-26H2,1-4H3,(H,36,40)/t32-/m0/s1. The molecule has 0 aliphatic rings. The summed E-state index contributed by atoms with van der Waals surface area (Å²) in [7, 11) is -4.13. The highest BCUT2D eigenvalue weighted by atomic mass is 32.2. The predicted molar refractivity (Wildman–Crippen MR) is 171 cm³/mol. The summed E-state index contributed by atoms with van der Waals surface area (Å²) in [6.45, 7) is 7.12. The Balaban J connectivity index is 1.81. The lowest BCUT2D eigenvalue weighted by Gasteiger charge is -2.35. The molecule has 0 heterocycles. The summed E-state index contributed by atoms with van der Waals surface area (Å²) in [6, 6.07) is 33.2. The zero-order valence-corrected chi connectivity index (χ0v) is 25.9. The van der Waals surface area contributed by atoms with Crippen LogP contribution in [0.2, 0.25) is 0 Å². The second kappa shape index (κ2) is 13.7. The number of carbonyl (C=O) groups excluding carboxylic acids is 2. The van der Waals surface area contributed by atoms with Crippen molar-refractivity contribution in [1.82, 2.24) is 10.2 Å². The van der Waals surface area contributed by atoms with Gasteiger partial charge in [-0.05, 0) is 62.6 Å². The van der Waals surface area contributed by atoms with Crippen molar-refractivity contribution in [1.29, 1.82) is 0 Å². The first-order valence-electron chi connectivity index (χ1n) is 14.3. The summed E-state index contributed by atoms with van der Waals surface area (Å²) >= 11 is 0. The van der Waals surface area contributed by atoms with Crippen molar-refractivity contribution >= 4 is 27.5 Å². The first-order chi connectivity index (χ1) is 20.5. The van der Waals surface area contributed by atoms with E-state index in [2.05, 4.69) is 5.32 Å². The van der Waals surface area contributed by atoms with Gasteiger partial charge in [-0.3, -0.25) is 13.9 Å². The van der Waals surface area contributed by atoms with Gasteiger partial charge in [0.25, 0.3) is 10.0 Å². The van der Waals surface area contributed by atoms with E-state index in [1.807, 2.05) is 100 Å². The van der Waals surface area contributed by atoms with Gasteiger partial charge in [0.1, 0.15) is 12.6 Å². The van der Waals surface area contributed by atoms with E-state index in [0.717, 1.165) is 15.4 Å². The van der Waals surface area contributed by atoms with E-state index in [1.165, 1.54) is 17.0 Å². The summed E-state index contributed by atoms with van der Waals surface area (Å²) in [6.07, 6.45) is 0.261. The van der Waals surface area contributed by atoms with E-state index in [0.29, 0.717) is 11.3 Å². The molecule has 0 aliphatic heterocycles. The number of nitrogens with one attached hydrogen (secondary N) is 1. The lowest BCUT2D eigenvalue weighted by molar-refractivity contribution is -0.140. The van der Waals surface area contributed by atoms with Crippen LogP contribution in [0.5, 0.6) is 0 Å². The average molecular weight is 598 g/mol. The van der Waals surface area contributed by atoms with Gasteiger partial charge >= 0.3 is 0 Å². The molecular formula is C35H39N3O4S. The smallest absolute Gasteiger partial charge is 0.264 e. The Kier molecular flexibility index (Phi) is 10.0. The summed E-state index contributed by atoms with van der Waals surface area (Å²) in [5, 5.41) is 3.05. The second-order valence-electron chi connectivity index (χ2n) is 11.6. The van der Waals surface area contributed by atoms with Crippen molar-refractivity contribution in [3.8, 4) is 0 Å². The first-order valence-corrected chi connectivity index (χ1v) is 15.7. The highest BCUT2D eigenvalue weighted by Crippen LogP contribution is 2.27. The summed E-state index contributed by atoms with van der Waals surface area (Å²) in [5.41, 5.74) is 2.27. The van der Waals surface area contributed by atoms with Crippen LogP contribution in [-0.4, -0.2) is 43.3 Å². The lowest BCUT2D eigenvalue weighted by Crippen LogP contribution is -2.56. The minimum Gasteiger partial charge on any atom is -0.350 e. The molecule has 0 unspecified atom stereocenters. The minimum absolute atomic E-state index is 0.0759. The molecule has 4 rings (SSSR count). The third-order valence-electron chi connectivity index (χ3n) is 6.96. The van der Waals surface area contributed by atoms with Gasteiger partial charge in [0.05, 0.1) is 10.6 Å². The van der Waals surface area contributed by atoms with Gasteiger partial charge in [-0.1, -0.05) is 97.1 Å². The van der Waals surface area contributed by atoms with Gasteiger partial charge < -0.3 is 10.2 Å². The molecule has 0 aromatic heterocycles. The van der Waals surface area contributed by atoms with E-state index in [-0.39, 0.29) is 23.8 Å². The number of hydrogen-bond donors (Lipinski definition) is 1. The maximum atomic E-state index is 14.5. The fraction of sp³-hybridized carbons (Fsp3) is 0.257. The Hall–Kier alpha value is -4.43. The second-order valence-corrected chi connectivity index (χ2v) is 13.4. The molecule has 0 saturated carbocycles. The Labute approximate surface area is 255 Å². The molecule has 1 N–H and O–H groups in total. The number of aryl methyl sites for hydroxylation is 1. The molecular weight excluding hydrogens is 558 g/mol. The Morgan fingerprint density at radius 1 is 0.744 bits per heavy atom. The van der Waals surface area contributed by atoms with E-state index in [4.69, 9.17) is 0 Å². The third kappa shape index (κ3) is 8.32.